The first kappa shape index (κ1) is 24.0. The number of imide groups is 1. The molecule has 2 fully saturated rings. The second-order valence-electron chi connectivity index (χ2n) is 9.76. The van der Waals surface area contributed by atoms with Gasteiger partial charge in [0.25, 0.3) is 5.91 Å². The molecule has 3 heterocycles. The van der Waals surface area contributed by atoms with E-state index in [0.29, 0.717) is 24.2 Å². The molecule has 0 aromatic heterocycles. The summed E-state index contributed by atoms with van der Waals surface area (Å²) in [6.07, 6.45) is 3.70. The summed E-state index contributed by atoms with van der Waals surface area (Å²) in [6.45, 7) is 12.6. The first-order chi connectivity index (χ1) is 17.5. The Hall–Kier alpha value is -3.70. The summed E-state index contributed by atoms with van der Waals surface area (Å²) in [5.41, 5.74) is 4.77. The van der Waals surface area contributed by atoms with Crippen molar-refractivity contribution >= 4 is 29.1 Å². The number of carbonyl (C=O) groups excluding carboxylic acids is 3. The molecule has 1 atom stereocenters. The Balaban J connectivity index is 1.10. The topological polar surface area (TPSA) is 77.3 Å². The van der Waals surface area contributed by atoms with Crippen LogP contribution in [0.5, 0.6) is 0 Å². The van der Waals surface area contributed by atoms with Crippen LogP contribution >= 0.6 is 0 Å². The largest absolute Gasteiger partial charge is 0.369 e. The predicted octanol–water partition coefficient (Wildman–Crippen LogP) is 3.14. The zero-order chi connectivity index (χ0) is 25.1. The third-order valence-corrected chi connectivity index (χ3v) is 7.57. The lowest BCUT2D eigenvalue weighted by Crippen LogP contribution is -2.52. The van der Waals surface area contributed by atoms with Crippen molar-refractivity contribution in [2.75, 3.05) is 37.6 Å². The highest BCUT2D eigenvalue weighted by atomic mass is 16.2. The molecule has 2 aromatic carbocycles. The number of benzene rings is 2. The molecule has 1 N–H and O–H groups in total. The fourth-order valence-corrected chi connectivity index (χ4v) is 5.50. The van der Waals surface area contributed by atoms with E-state index in [-0.39, 0.29) is 24.1 Å². The first-order valence-corrected chi connectivity index (χ1v) is 12.7. The molecule has 5 rings (SSSR count). The SMILES string of the molecule is [C-]#[N+]c1ccc(N2CCN(CCCCc3cccc4c3CN(C3CCC(=O)NC3=O)C4=O)CC2)cc1. The second kappa shape index (κ2) is 10.5. The van der Waals surface area contributed by atoms with Gasteiger partial charge in [-0.25, -0.2) is 4.85 Å². The maximum absolute atomic E-state index is 13.0. The number of rotatable bonds is 7. The van der Waals surface area contributed by atoms with E-state index in [9.17, 15) is 14.4 Å². The second-order valence-corrected chi connectivity index (χ2v) is 9.76. The molecule has 8 nitrogen and oxygen atoms in total. The van der Waals surface area contributed by atoms with Crippen LogP contribution in [0.25, 0.3) is 4.85 Å². The molecule has 2 aromatic rings. The summed E-state index contributed by atoms with van der Waals surface area (Å²) in [7, 11) is 0. The molecular weight excluding hydrogens is 454 g/mol. The quantitative estimate of drug-likeness (QED) is 0.370. The van der Waals surface area contributed by atoms with Gasteiger partial charge >= 0.3 is 0 Å². The molecule has 0 aliphatic carbocycles. The number of unbranched alkanes of at least 4 members (excludes halogenated alkanes) is 1. The lowest BCUT2D eigenvalue weighted by atomic mass is 9.98. The minimum atomic E-state index is -0.570. The molecule has 3 aliphatic heterocycles. The van der Waals surface area contributed by atoms with Crippen molar-refractivity contribution in [2.45, 2.75) is 44.7 Å². The van der Waals surface area contributed by atoms with Crippen molar-refractivity contribution in [3.8, 4) is 0 Å². The molecule has 186 valence electrons. The smallest absolute Gasteiger partial charge is 0.255 e. The van der Waals surface area contributed by atoms with Crippen LogP contribution in [0.2, 0.25) is 0 Å². The van der Waals surface area contributed by atoms with Crippen molar-refractivity contribution in [1.29, 1.82) is 0 Å². The van der Waals surface area contributed by atoms with Gasteiger partial charge in [0.2, 0.25) is 11.8 Å². The van der Waals surface area contributed by atoms with Gasteiger partial charge in [-0.05, 0) is 61.6 Å². The van der Waals surface area contributed by atoms with Crippen LogP contribution in [0.15, 0.2) is 42.5 Å². The standard InChI is InChI=1S/C28H31N5O3/c1-29-21-8-10-22(11-9-21)32-17-15-31(16-18-32)14-3-2-5-20-6-4-7-23-24(20)19-33(28(23)36)25-12-13-26(34)30-27(25)35/h4,6-11,25H,2-3,5,12-19H2,(H,30,34,35). The van der Waals surface area contributed by atoms with Crippen molar-refractivity contribution in [3.63, 3.8) is 0 Å². The van der Waals surface area contributed by atoms with E-state index in [1.807, 2.05) is 36.4 Å². The predicted molar refractivity (Wildman–Crippen MR) is 137 cm³/mol. The van der Waals surface area contributed by atoms with Crippen LogP contribution in [0.4, 0.5) is 11.4 Å². The molecule has 0 saturated carbocycles. The van der Waals surface area contributed by atoms with Crippen LogP contribution in [-0.2, 0) is 22.6 Å². The number of hydrogen-bond acceptors (Lipinski definition) is 5. The Labute approximate surface area is 211 Å². The van der Waals surface area contributed by atoms with E-state index in [4.69, 9.17) is 6.57 Å². The van der Waals surface area contributed by atoms with Crippen LogP contribution in [0.1, 0.15) is 47.2 Å². The molecule has 0 bridgehead atoms. The average molecular weight is 486 g/mol. The highest BCUT2D eigenvalue weighted by Gasteiger charge is 2.39. The fourth-order valence-electron chi connectivity index (χ4n) is 5.50. The third kappa shape index (κ3) is 4.98. The Morgan fingerprint density at radius 2 is 1.75 bits per heavy atom. The van der Waals surface area contributed by atoms with Crippen molar-refractivity contribution in [3.05, 3.63) is 70.6 Å². The summed E-state index contributed by atoms with van der Waals surface area (Å²) >= 11 is 0. The van der Waals surface area contributed by atoms with Crippen LogP contribution in [0, 0.1) is 6.57 Å². The Morgan fingerprint density at radius 3 is 2.47 bits per heavy atom. The van der Waals surface area contributed by atoms with Gasteiger partial charge in [-0.2, -0.15) is 0 Å². The number of aryl methyl sites for hydroxylation is 1. The van der Waals surface area contributed by atoms with E-state index in [1.165, 1.54) is 11.3 Å². The molecule has 8 heteroatoms. The van der Waals surface area contributed by atoms with Gasteiger partial charge in [-0.15, -0.1) is 0 Å². The maximum Gasteiger partial charge on any atom is 0.255 e. The Bertz CT molecular complexity index is 1190. The lowest BCUT2D eigenvalue weighted by Gasteiger charge is -2.36. The summed E-state index contributed by atoms with van der Waals surface area (Å²) in [4.78, 5) is 46.8. The van der Waals surface area contributed by atoms with Gasteiger partial charge < -0.3 is 9.80 Å². The Morgan fingerprint density at radius 1 is 0.972 bits per heavy atom. The number of nitrogens with zero attached hydrogens (tertiary/aromatic N) is 4. The number of nitrogens with one attached hydrogen (secondary N) is 1. The monoisotopic (exact) mass is 485 g/mol. The van der Waals surface area contributed by atoms with Gasteiger partial charge in [-0.1, -0.05) is 24.3 Å². The highest BCUT2D eigenvalue weighted by Crippen LogP contribution is 2.30. The Kier molecular flexibility index (Phi) is 7.01. The number of anilines is 1. The van der Waals surface area contributed by atoms with E-state index >= 15 is 0 Å². The van der Waals surface area contributed by atoms with Gasteiger partial charge in [0, 0.05) is 50.4 Å². The van der Waals surface area contributed by atoms with E-state index in [2.05, 4.69) is 26.0 Å². The normalized spacial score (nSPS) is 20.3. The van der Waals surface area contributed by atoms with Gasteiger partial charge in [0.05, 0.1) is 6.57 Å². The average Bonchev–Trinajstić information content (AvgIpc) is 3.24. The summed E-state index contributed by atoms with van der Waals surface area (Å²) in [6, 6.07) is 13.1. The van der Waals surface area contributed by atoms with Crippen molar-refractivity contribution < 1.29 is 14.4 Å². The number of piperidine rings is 1. The fraction of sp³-hybridized carbons (Fsp3) is 0.429. The first-order valence-electron chi connectivity index (χ1n) is 12.7. The van der Waals surface area contributed by atoms with Crippen LogP contribution in [0.3, 0.4) is 0 Å². The summed E-state index contributed by atoms with van der Waals surface area (Å²) in [5, 5.41) is 2.37. The van der Waals surface area contributed by atoms with Crippen LogP contribution in [-0.4, -0.2) is 66.3 Å². The van der Waals surface area contributed by atoms with Gasteiger partial charge in [0.15, 0.2) is 5.69 Å². The maximum atomic E-state index is 13.0. The molecule has 3 aliphatic rings. The van der Waals surface area contributed by atoms with Crippen LogP contribution < -0.4 is 10.2 Å². The zero-order valence-electron chi connectivity index (χ0n) is 20.4. The highest BCUT2D eigenvalue weighted by molar-refractivity contribution is 6.05. The number of hydrogen-bond donors (Lipinski definition) is 1. The number of piperazine rings is 1. The summed E-state index contributed by atoms with van der Waals surface area (Å²) in [5.74, 6) is -0.741. The number of carbonyl (C=O) groups is 3. The van der Waals surface area contributed by atoms with Gasteiger partial charge in [0.1, 0.15) is 6.04 Å². The molecule has 1 unspecified atom stereocenters. The number of amides is 3. The minimum Gasteiger partial charge on any atom is -0.369 e. The minimum absolute atomic E-state index is 0.108. The van der Waals surface area contributed by atoms with Gasteiger partial charge in [-0.3, -0.25) is 24.6 Å². The summed E-state index contributed by atoms with van der Waals surface area (Å²) < 4.78 is 0. The lowest BCUT2D eigenvalue weighted by molar-refractivity contribution is -0.136. The molecule has 0 spiro atoms. The number of fused-ring (bicyclic) bond motifs is 1. The van der Waals surface area contributed by atoms with E-state index in [0.717, 1.165) is 57.5 Å². The molecular formula is C28H31N5O3. The van der Waals surface area contributed by atoms with E-state index in [1.54, 1.807) is 4.90 Å². The molecule has 3 amide bonds. The molecule has 36 heavy (non-hydrogen) atoms. The zero-order valence-corrected chi connectivity index (χ0v) is 20.4. The van der Waals surface area contributed by atoms with Crippen molar-refractivity contribution in [2.24, 2.45) is 0 Å². The molecule has 2 saturated heterocycles. The van der Waals surface area contributed by atoms with E-state index < -0.39 is 6.04 Å². The third-order valence-electron chi connectivity index (χ3n) is 7.57. The molecule has 0 radical (unpaired) electrons. The van der Waals surface area contributed by atoms with Crippen molar-refractivity contribution in [1.82, 2.24) is 15.1 Å².